The van der Waals surface area contributed by atoms with Crippen LogP contribution >= 0.6 is 0 Å². The molecule has 0 rings (SSSR count). The van der Waals surface area contributed by atoms with Crippen LogP contribution in [0.5, 0.6) is 0 Å². The van der Waals surface area contributed by atoms with E-state index in [1.165, 1.54) is 32.1 Å². The lowest BCUT2D eigenvalue weighted by Crippen LogP contribution is -1.97. The van der Waals surface area contributed by atoms with E-state index in [0.717, 1.165) is 18.8 Å². The maximum Gasteiger partial charge on any atom is 0.0671 e. The molecule has 0 saturated heterocycles. The molecular weight excluding hydrogens is 148 g/mol. The molecule has 0 spiro atoms. The normalized spacial score (nSPS) is 10.2. The van der Waals surface area contributed by atoms with Gasteiger partial charge in [-0.2, -0.15) is 0 Å². The van der Waals surface area contributed by atoms with Crippen LogP contribution in [-0.2, 0) is 4.74 Å². The first kappa shape index (κ1) is 11.7. The second kappa shape index (κ2) is 8.79. The molecule has 0 atom stereocenters. The Morgan fingerprint density at radius 1 is 1.17 bits per heavy atom. The lowest BCUT2D eigenvalue weighted by Gasteiger charge is -2.02. The van der Waals surface area contributed by atoms with Crippen molar-refractivity contribution in [3.05, 3.63) is 12.2 Å². The summed E-state index contributed by atoms with van der Waals surface area (Å²) in [5, 5.41) is 0. The average Bonchev–Trinajstić information content (AvgIpc) is 2.02. The molecule has 0 saturated carbocycles. The van der Waals surface area contributed by atoms with Crippen LogP contribution in [0.2, 0.25) is 0 Å². The van der Waals surface area contributed by atoms with Crippen LogP contribution in [-0.4, -0.2) is 13.2 Å². The molecule has 0 radical (unpaired) electrons. The van der Waals surface area contributed by atoms with E-state index in [-0.39, 0.29) is 0 Å². The van der Waals surface area contributed by atoms with E-state index in [2.05, 4.69) is 13.5 Å². The van der Waals surface area contributed by atoms with E-state index in [1.54, 1.807) is 0 Å². The first-order valence-electron chi connectivity index (χ1n) is 4.99. The van der Waals surface area contributed by atoms with Crippen LogP contribution in [0.25, 0.3) is 0 Å². The molecule has 0 aromatic heterocycles. The van der Waals surface area contributed by atoms with Gasteiger partial charge in [0.15, 0.2) is 0 Å². The molecule has 0 fully saturated rings. The minimum atomic E-state index is 0.730. The second-order valence-corrected chi connectivity index (χ2v) is 3.42. The SMILES string of the molecule is C=C(C)COCCCCCCC. The number of ether oxygens (including phenoxy) is 1. The molecule has 0 N–H and O–H groups in total. The molecule has 1 nitrogen and oxygen atoms in total. The van der Waals surface area contributed by atoms with Gasteiger partial charge in [-0.3, -0.25) is 0 Å². The largest absolute Gasteiger partial charge is 0.377 e. The zero-order valence-corrected chi connectivity index (χ0v) is 8.57. The summed E-state index contributed by atoms with van der Waals surface area (Å²) in [7, 11) is 0. The fraction of sp³-hybridized carbons (Fsp3) is 0.818. The number of unbranched alkanes of at least 4 members (excludes halogenated alkanes) is 4. The van der Waals surface area contributed by atoms with Gasteiger partial charge >= 0.3 is 0 Å². The molecule has 0 aliphatic heterocycles. The quantitative estimate of drug-likeness (QED) is 0.400. The Morgan fingerprint density at radius 3 is 2.42 bits per heavy atom. The van der Waals surface area contributed by atoms with Gasteiger partial charge in [-0.05, 0) is 13.3 Å². The number of hydrogen-bond acceptors (Lipinski definition) is 1. The van der Waals surface area contributed by atoms with E-state index in [4.69, 9.17) is 4.74 Å². The molecule has 1 heteroatoms. The van der Waals surface area contributed by atoms with Crippen LogP contribution in [0.4, 0.5) is 0 Å². The highest BCUT2D eigenvalue weighted by molar-refractivity contribution is 4.87. The van der Waals surface area contributed by atoms with Crippen LogP contribution in [0.15, 0.2) is 12.2 Å². The Morgan fingerprint density at radius 2 is 1.83 bits per heavy atom. The Kier molecular flexibility index (Phi) is 8.57. The Labute approximate surface area is 76.8 Å². The van der Waals surface area contributed by atoms with Crippen molar-refractivity contribution in [1.82, 2.24) is 0 Å². The predicted octanol–water partition coefficient (Wildman–Crippen LogP) is 3.55. The summed E-state index contributed by atoms with van der Waals surface area (Å²) in [6.07, 6.45) is 6.54. The van der Waals surface area contributed by atoms with Gasteiger partial charge in [0.25, 0.3) is 0 Å². The lowest BCUT2D eigenvalue weighted by molar-refractivity contribution is 0.151. The molecule has 0 aliphatic rings. The third-order valence-corrected chi connectivity index (χ3v) is 1.74. The minimum Gasteiger partial charge on any atom is -0.377 e. The van der Waals surface area contributed by atoms with Gasteiger partial charge in [0.05, 0.1) is 6.61 Å². The Balaban J connectivity index is 2.86. The van der Waals surface area contributed by atoms with Crippen molar-refractivity contribution in [1.29, 1.82) is 0 Å². The molecule has 0 aromatic carbocycles. The Bertz CT molecular complexity index is 108. The van der Waals surface area contributed by atoms with E-state index >= 15 is 0 Å². The fourth-order valence-electron chi connectivity index (χ4n) is 1.05. The molecule has 0 aliphatic carbocycles. The molecule has 12 heavy (non-hydrogen) atoms. The van der Waals surface area contributed by atoms with Gasteiger partial charge in [-0.1, -0.05) is 44.8 Å². The summed E-state index contributed by atoms with van der Waals surface area (Å²) < 4.78 is 5.38. The molecule has 0 heterocycles. The molecule has 72 valence electrons. The van der Waals surface area contributed by atoms with Gasteiger partial charge in [0.2, 0.25) is 0 Å². The number of hydrogen-bond donors (Lipinski definition) is 0. The topological polar surface area (TPSA) is 9.23 Å². The van der Waals surface area contributed by atoms with Crippen molar-refractivity contribution in [2.45, 2.75) is 46.0 Å². The van der Waals surface area contributed by atoms with Crippen LogP contribution in [0.3, 0.4) is 0 Å². The highest BCUT2D eigenvalue weighted by Gasteiger charge is 1.90. The van der Waals surface area contributed by atoms with Crippen LogP contribution in [0.1, 0.15) is 46.0 Å². The average molecular weight is 170 g/mol. The summed E-state index contributed by atoms with van der Waals surface area (Å²) in [6.45, 7) is 9.64. The molecule has 0 amide bonds. The molecule has 0 unspecified atom stereocenters. The third-order valence-electron chi connectivity index (χ3n) is 1.74. The summed E-state index contributed by atoms with van der Waals surface area (Å²) in [5.41, 5.74) is 1.11. The number of rotatable bonds is 8. The van der Waals surface area contributed by atoms with Gasteiger partial charge < -0.3 is 4.74 Å². The first-order chi connectivity index (χ1) is 5.77. The van der Waals surface area contributed by atoms with Gasteiger partial charge in [-0.25, -0.2) is 0 Å². The smallest absolute Gasteiger partial charge is 0.0671 e. The third kappa shape index (κ3) is 9.70. The van der Waals surface area contributed by atoms with Crippen LogP contribution < -0.4 is 0 Å². The highest BCUT2D eigenvalue weighted by Crippen LogP contribution is 2.02. The second-order valence-electron chi connectivity index (χ2n) is 3.42. The van der Waals surface area contributed by atoms with E-state index < -0.39 is 0 Å². The summed E-state index contributed by atoms with van der Waals surface area (Å²) in [4.78, 5) is 0. The van der Waals surface area contributed by atoms with E-state index in [9.17, 15) is 0 Å². The first-order valence-corrected chi connectivity index (χ1v) is 4.99. The summed E-state index contributed by atoms with van der Waals surface area (Å²) >= 11 is 0. The van der Waals surface area contributed by atoms with Gasteiger partial charge in [-0.15, -0.1) is 0 Å². The zero-order valence-electron chi connectivity index (χ0n) is 8.57. The zero-order chi connectivity index (χ0) is 9.23. The Hall–Kier alpha value is -0.300. The van der Waals surface area contributed by atoms with Crippen molar-refractivity contribution >= 4 is 0 Å². The highest BCUT2D eigenvalue weighted by atomic mass is 16.5. The van der Waals surface area contributed by atoms with Gasteiger partial charge in [0, 0.05) is 6.61 Å². The maximum atomic E-state index is 5.38. The van der Waals surface area contributed by atoms with E-state index in [0.29, 0.717) is 0 Å². The minimum absolute atomic E-state index is 0.730. The lowest BCUT2D eigenvalue weighted by atomic mass is 10.2. The van der Waals surface area contributed by atoms with Crippen LogP contribution in [0, 0.1) is 0 Å². The van der Waals surface area contributed by atoms with Crippen molar-refractivity contribution in [3.63, 3.8) is 0 Å². The molecule has 0 aromatic rings. The summed E-state index contributed by atoms with van der Waals surface area (Å²) in [5.74, 6) is 0. The monoisotopic (exact) mass is 170 g/mol. The molecule has 0 bridgehead atoms. The van der Waals surface area contributed by atoms with Crippen molar-refractivity contribution in [3.8, 4) is 0 Å². The van der Waals surface area contributed by atoms with Crippen molar-refractivity contribution in [2.75, 3.05) is 13.2 Å². The summed E-state index contributed by atoms with van der Waals surface area (Å²) in [6, 6.07) is 0. The maximum absolute atomic E-state index is 5.38. The molecular formula is C11H22O. The predicted molar refractivity (Wildman–Crippen MR) is 54.4 cm³/mol. The van der Waals surface area contributed by atoms with E-state index in [1.807, 2.05) is 6.92 Å². The van der Waals surface area contributed by atoms with Crippen molar-refractivity contribution in [2.24, 2.45) is 0 Å². The van der Waals surface area contributed by atoms with Gasteiger partial charge in [0.1, 0.15) is 0 Å². The van der Waals surface area contributed by atoms with Crippen molar-refractivity contribution < 1.29 is 4.74 Å². The fourth-order valence-corrected chi connectivity index (χ4v) is 1.05. The standard InChI is InChI=1S/C11H22O/c1-4-5-6-7-8-9-12-10-11(2)3/h2,4-10H2,1,3H3.